The normalized spacial score (nSPS) is 14.8. The zero-order valence-corrected chi connectivity index (χ0v) is 15.1. The van der Waals surface area contributed by atoms with Crippen LogP contribution in [0.3, 0.4) is 0 Å². The quantitative estimate of drug-likeness (QED) is 0.837. The number of halogens is 1. The van der Waals surface area contributed by atoms with Gasteiger partial charge in [-0.1, -0.05) is 30.7 Å². The van der Waals surface area contributed by atoms with Crippen LogP contribution in [-0.2, 0) is 6.42 Å². The van der Waals surface area contributed by atoms with E-state index in [0.717, 1.165) is 6.42 Å². The highest BCUT2D eigenvalue weighted by Gasteiger charge is 2.26. The molecule has 6 heteroatoms. The molecule has 0 saturated carbocycles. The smallest absolute Gasteiger partial charge is 0.264 e. The molecule has 1 aliphatic rings. The van der Waals surface area contributed by atoms with E-state index in [2.05, 4.69) is 6.92 Å². The number of hydrogen-bond acceptors (Lipinski definition) is 3. The van der Waals surface area contributed by atoms with E-state index in [9.17, 15) is 9.59 Å². The van der Waals surface area contributed by atoms with E-state index in [0.29, 0.717) is 41.0 Å². The van der Waals surface area contributed by atoms with E-state index in [1.165, 1.54) is 16.9 Å². The van der Waals surface area contributed by atoms with Gasteiger partial charge in [-0.15, -0.1) is 11.3 Å². The van der Waals surface area contributed by atoms with Crippen LogP contribution in [-0.4, -0.2) is 47.8 Å². The number of hydrogen-bond donors (Lipinski definition) is 0. The maximum atomic E-state index is 12.6. The summed E-state index contributed by atoms with van der Waals surface area (Å²) in [4.78, 5) is 29.2. The second-order valence-electron chi connectivity index (χ2n) is 5.74. The maximum absolute atomic E-state index is 12.6. The van der Waals surface area contributed by atoms with Gasteiger partial charge in [-0.25, -0.2) is 0 Å². The van der Waals surface area contributed by atoms with Crippen LogP contribution in [0.25, 0.3) is 0 Å². The number of piperazine rings is 1. The summed E-state index contributed by atoms with van der Waals surface area (Å²) in [6.45, 7) is 4.30. The van der Waals surface area contributed by atoms with Crippen LogP contribution in [0.4, 0.5) is 0 Å². The highest BCUT2D eigenvalue weighted by Crippen LogP contribution is 2.23. The van der Waals surface area contributed by atoms with Gasteiger partial charge in [0.15, 0.2) is 0 Å². The molecular weight excluding hydrogens is 344 g/mol. The zero-order chi connectivity index (χ0) is 17.1. The SMILES string of the molecule is CCc1ccc(C(=O)N2CCN(C(=O)c3ccc(Cl)s3)CC2)cc1. The van der Waals surface area contributed by atoms with E-state index in [4.69, 9.17) is 11.6 Å². The summed E-state index contributed by atoms with van der Waals surface area (Å²) >= 11 is 7.18. The first-order valence-electron chi connectivity index (χ1n) is 8.01. The summed E-state index contributed by atoms with van der Waals surface area (Å²) in [7, 11) is 0. The molecule has 24 heavy (non-hydrogen) atoms. The van der Waals surface area contributed by atoms with Gasteiger partial charge < -0.3 is 9.80 Å². The lowest BCUT2D eigenvalue weighted by molar-refractivity contribution is 0.0538. The van der Waals surface area contributed by atoms with Crippen molar-refractivity contribution in [3.8, 4) is 0 Å². The van der Waals surface area contributed by atoms with Gasteiger partial charge in [-0.3, -0.25) is 9.59 Å². The highest BCUT2D eigenvalue weighted by molar-refractivity contribution is 7.17. The lowest BCUT2D eigenvalue weighted by Gasteiger charge is -2.34. The van der Waals surface area contributed by atoms with Gasteiger partial charge >= 0.3 is 0 Å². The predicted molar refractivity (Wildman–Crippen MR) is 97.0 cm³/mol. The summed E-state index contributed by atoms with van der Waals surface area (Å²) in [6, 6.07) is 11.2. The van der Waals surface area contributed by atoms with E-state index in [1.54, 1.807) is 17.0 Å². The molecule has 0 bridgehead atoms. The molecule has 1 aromatic carbocycles. The lowest BCUT2D eigenvalue weighted by atomic mass is 10.1. The molecule has 0 atom stereocenters. The number of nitrogens with zero attached hydrogens (tertiary/aromatic N) is 2. The Labute approximate surface area is 150 Å². The van der Waals surface area contributed by atoms with Crippen molar-refractivity contribution < 1.29 is 9.59 Å². The van der Waals surface area contributed by atoms with E-state index in [-0.39, 0.29) is 11.8 Å². The van der Waals surface area contributed by atoms with Gasteiger partial charge in [0.25, 0.3) is 11.8 Å². The molecule has 2 heterocycles. The van der Waals surface area contributed by atoms with Crippen molar-refractivity contribution in [2.45, 2.75) is 13.3 Å². The zero-order valence-electron chi connectivity index (χ0n) is 13.5. The Bertz CT molecular complexity index is 734. The largest absolute Gasteiger partial charge is 0.335 e. The fraction of sp³-hybridized carbons (Fsp3) is 0.333. The monoisotopic (exact) mass is 362 g/mol. The number of amides is 2. The topological polar surface area (TPSA) is 40.6 Å². The first kappa shape index (κ1) is 17.0. The third-order valence-corrected chi connectivity index (χ3v) is 5.47. The van der Waals surface area contributed by atoms with E-state index < -0.39 is 0 Å². The number of thiophene rings is 1. The average Bonchev–Trinajstić information content (AvgIpc) is 3.07. The van der Waals surface area contributed by atoms with E-state index in [1.807, 2.05) is 29.2 Å². The van der Waals surface area contributed by atoms with Crippen molar-refractivity contribution >= 4 is 34.8 Å². The second-order valence-corrected chi connectivity index (χ2v) is 7.45. The Morgan fingerprint density at radius 1 is 0.958 bits per heavy atom. The number of aryl methyl sites for hydroxylation is 1. The maximum Gasteiger partial charge on any atom is 0.264 e. The molecule has 1 aromatic heterocycles. The van der Waals surface area contributed by atoms with Crippen LogP contribution < -0.4 is 0 Å². The molecule has 3 rings (SSSR count). The average molecular weight is 363 g/mol. The van der Waals surface area contributed by atoms with Crippen LogP contribution in [0.5, 0.6) is 0 Å². The molecule has 1 aliphatic heterocycles. The molecule has 1 saturated heterocycles. The van der Waals surface area contributed by atoms with Crippen LogP contribution in [0.1, 0.15) is 32.5 Å². The molecule has 0 unspecified atom stereocenters. The minimum absolute atomic E-state index is 0.00806. The van der Waals surface area contributed by atoms with Crippen molar-refractivity contribution in [2.75, 3.05) is 26.2 Å². The molecule has 0 N–H and O–H groups in total. The summed E-state index contributed by atoms with van der Waals surface area (Å²) in [5.41, 5.74) is 1.92. The number of benzene rings is 1. The summed E-state index contributed by atoms with van der Waals surface area (Å²) in [5, 5.41) is 0. The number of carbonyl (C=O) groups excluding carboxylic acids is 2. The van der Waals surface area contributed by atoms with Crippen LogP contribution in [0.15, 0.2) is 36.4 Å². The summed E-state index contributed by atoms with van der Waals surface area (Å²) in [5.74, 6) is 0.0233. The first-order chi connectivity index (χ1) is 11.6. The van der Waals surface area contributed by atoms with Crippen LogP contribution in [0.2, 0.25) is 4.34 Å². The minimum Gasteiger partial charge on any atom is -0.335 e. The third-order valence-electron chi connectivity index (χ3n) is 4.25. The minimum atomic E-state index is -0.00806. The third kappa shape index (κ3) is 3.62. The lowest BCUT2D eigenvalue weighted by Crippen LogP contribution is -2.50. The molecule has 2 aromatic rings. The molecule has 2 amide bonds. The fourth-order valence-electron chi connectivity index (χ4n) is 2.76. The van der Waals surface area contributed by atoms with Crippen LogP contribution in [0, 0.1) is 0 Å². The Balaban J connectivity index is 1.59. The Morgan fingerprint density at radius 2 is 1.54 bits per heavy atom. The molecule has 0 aliphatic carbocycles. The van der Waals surface area contributed by atoms with Crippen molar-refractivity contribution in [3.63, 3.8) is 0 Å². The predicted octanol–water partition coefficient (Wildman–Crippen LogP) is 3.56. The Morgan fingerprint density at radius 3 is 2.04 bits per heavy atom. The number of carbonyl (C=O) groups is 2. The first-order valence-corrected chi connectivity index (χ1v) is 9.20. The van der Waals surface area contributed by atoms with Gasteiger partial charge in [0.1, 0.15) is 0 Å². The Hall–Kier alpha value is -1.85. The molecule has 4 nitrogen and oxygen atoms in total. The van der Waals surface area contributed by atoms with Gasteiger partial charge in [0.2, 0.25) is 0 Å². The molecule has 126 valence electrons. The molecule has 0 radical (unpaired) electrons. The van der Waals surface area contributed by atoms with Crippen LogP contribution >= 0.6 is 22.9 Å². The van der Waals surface area contributed by atoms with Gasteiger partial charge in [-0.2, -0.15) is 0 Å². The standard InChI is InChI=1S/C18H19ClN2O2S/c1-2-13-3-5-14(6-4-13)17(22)20-9-11-21(12-10-20)18(23)15-7-8-16(19)24-15/h3-8H,2,9-12H2,1H3. The Kier molecular flexibility index (Phi) is 5.21. The summed E-state index contributed by atoms with van der Waals surface area (Å²) in [6.07, 6.45) is 0.960. The van der Waals surface area contributed by atoms with Crippen molar-refractivity contribution in [2.24, 2.45) is 0 Å². The highest BCUT2D eigenvalue weighted by atomic mass is 35.5. The molecular formula is C18H19ClN2O2S. The molecule has 0 spiro atoms. The van der Waals surface area contributed by atoms with Crippen molar-refractivity contribution in [1.82, 2.24) is 9.80 Å². The second kappa shape index (κ2) is 7.36. The molecule has 1 fully saturated rings. The summed E-state index contributed by atoms with van der Waals surface area (Å²) < 4.78 is 0.614. The van der Waals surface area contributed by atoms with Crippen molar-refractivity contribution in [3.05, 3.63) is 56.7 Å². The van der Waals surface area contributed by atoms with Crippen molar-refractivity contribution in [1.29, 1.82) is 0 Å². The van der Waals surface area contributed by atoms with Gasteiger partial charge in [0, 0.05) is 31.7 Å². The number of rotatable bonds is 3. The van der Waals surface area contributed by atoms with Gasteiger partial charge in [-0.05, 0) is 36.2 Å². The fourth-order valence-corrected chi connectivity index (χ4v) is 3.77. The van der Waals surface area contributed by atoms with Gasteiger partial charge in [0.05, 0.1) is 9.21 Å². The van der Waals surface area contributed by atoms with E-state index >= 15 is 0 Å².